The summed E-state index contributed by atoms with van der Waals surface area (Å²) < 4.78 is 0. The molecule has 1 aromatic rings. The largest absolute Gasteiger partial charge is 0.0683 e. The molecule has 0 aliphatic heterocycles. The zero-order chi connectivity index (χ0) is 10.7. The van der Waals surface area contributed by atoms with Crippen LogP contribution in [0.25, 0.3) is 0 Å². The number of hydrogen-bond donors (Lipinski definition) is 0. The summed E-state index contributed by atoms with van der Waals surface area (Å²) in [6.07, 6.45) is 7.20. The second kappa shape index (κ2) is 4.83. The van der Waals surface area contributed by atoms with Gasteiger partial charge in [-0.15, -0.1) is 0 Å². The van der Waals surface area contributed by atoms with E-state index >= 15 is 0 Å². The molecule has 0 nitrogen and oxygen atoms in total. The molecule has 0 unspecified atom stereocenters. The van der Waals surface area contributed by atoms with E-state index in [9.17, 15) is 0 Å². The van der Waals surface area contributed by atoms with Crippen LogP contribution in [0.1, 0.15) is 56.6 Å². The third-order valence-electron chi connectivity index (χ3n) is 3.85. The van der Waals surface area contributed by atoms with Crippen LogP contribution < -0.4 is 0 Å². The zero-order valence-corrected chi connectivity index (χ0v) is 10.00. The van der Waals surface area contributed by atoms with Crippen LogP contribution in [0.3, 0.4) is 0 Å². The molecular weight excluding hydrogens is 180 g/mol. The summed E-state index contributed by atoms with van der Waals surface area (Å²) >= 11 is 0. The molecule has 1 fully saturated rings. The van der Waals surface area contributed by atoms with Gasteiger partial charge in [-0.25, -0.2) is 0 Å². The van der Waals surface area contributed by atoms with Crippen molar-refractivity contribution in [3.05, 3.63) is 35.4 Å². The first-order chi connectivity index (χ1) is 7.45. The summed E-state index contributed by atoms with van der Waals surface area (Å²) in [6, 6.07) is 9.07. The van der Waals surface area contributed by atoms with E-state index < -0.39 is 0 Å². The van der Waals surface area contributed by atoms with Gasteiger partial charge in [-0.05, 0) is 42.2 Å². The highest BCUT2D eigenvalue weighted by Crippen LogP contribution is 2.46. The van der Waals surface area contributed by atoms with E-state index in [4.69, 9.17) is 0 Å². The molecule has 2 aliphatic rings. The predicted octanol–water partition coefficient (Wildman–Crippen LogP) is 4.54. The fraction of sp³-hybridized carbons (Fsp3) is 0.600. The minimum Gasteiger partial charge on any atom is -0.0683 e. The highest BCUT2D eigenvalue weighted by molar-refractivity contribution is 5.36. The first-order valence-corrected chi connectivity index (χ1v) is 6.53. The Morgan fingerprint density at radius 2 is 1.73 bits per heavy atom. The zero-order valence-electron chi connectivity index (χ0n) is 10.00. The topological polar surface area (TPSA) is 0 Å². The monoisotopic (exact) mass is 202 g/mol. The molecule has 0 radical (unpaired) electrons. The van der Waals surface area contributed by atoms with Crippen LogP contribution in [-0.4, -0.2) is 0 Å². The van der Waals surface area contributed by atoms with Crippen molar-refractivity contribution in [3.63, 3.8) is 0 Å². The molecule has 0 amide bonds. The van der Waals surface area contributed by atoms with Gasteiger partial charge in [-0.2, -0.15) is 0 Å². The van der Waals surface area contributed by atoms with Crippen LogP contribution in [0.15, 0.2) is 24.3 Å². The van der Waals surface area contributed by atoms with Crippen LogP contribution >= 0.6 is 0 Å². The second-order valence-electron chi connectivity index (χ2n) is 4.55. The SMILES string of the molecule is CC.c1ccc2c(c1)C[C@H]1CCCC[C@@H]21. The quantitative estimate of drug-likeness (QED) is 0.579. The molecule has 0 aromatic heterocycles. The Balaban J connectivity index is 0.000000404. The number of hydrogen-bond acceptors (Lipinski definition) is 0. The molecule has 82 valence electrons. The Hall–Kier alpha value is -0.780. The maximum Gasteiger partial charge on any atom is -0.0128 e. The first kappa shape index (κ1) is 10.7. The normalized spacial score (nSPS) is 27.3. The van der Waals surface area contributed by atoms with E-state index in [1.807, 2.05) is 13.8 Å². The summed E-state index contributed by atoms with van der Waals surface area (Å²) in [5.74, 6) is 1.91. The number of fused-ring (bicyclic) bond motifs is 3. The Bertz CT molecular complexity index is 314. The Morgan fingerprint density at radius 1 is 1.00 bits per heavy atom. The molecule has 0 saturated heterocycles. The minimum absolute atomic E-state index is 0.921. The van der Waals surface area contributed by atoms with E-state index in [-0.39, 0.29) is 0 Å². The molecule has 0 heterocycles. The van der Waals surface area contributed by atoms with E-state index in [0.717, 1.165) is 11.8 Å². The number of rotatable bonds is 0. The van der Waals surface area contributed by atoms with E-state index in [0.29, 0.717) is 0 Å². The molecular formula is C15H22. The van der Waals surface area contributed by atoms with E-state index in [1.165, 1.54) is 32.1 Å². The van der Waals surface area contributed by atoms with Gasteiger partial charge < -0.3 is 0 Å². The van der Waals surface area contributed by atoms with Crippen molar-refractivity contribution in [3.8, 4) is 0 Å². The van der Waals surface area contributed by atoms with Crippen LogP contribution in [0, 0.1) is 5.92 Å². The van der Waals surface area contributed by atoms with Gasteiger partial charge >= 0.3 is 0 Å². The summed E-state index contributed by atoms with van der Waals surface area (Å²) in [4.78, 5) is 0. The predicted molar refractivity (Wildman–Crippen MR) is 66.2 cm³/mol. The lowest BCUT2D eigenvalue weighted by molar-refractivity contribution is 0.330. The molecule has 0 bridgehead atoms. The second-order valence-corrected chi connectivity index (χ2v) is 4.55. The average molecular weight is 202 g/mol. The van der Waals surface area contributed by atoms with Crippen LogP contribution in [-0.2, 0) is 6.42 Å². The van der Waals surface area contributed by atoms with Gasteiger partial charge in [0.05, 0.1) is 0 Å². The fourth-order valence-corrected chi connectivity index (χ4v) is 3.23. The first-order valence-electron chi connectivity index (χ1n) is 6.53. The van der Waals surface area contributed by atoms with Crippen LogP contribution in [0.5, 0.6) is 0 Å². The van der Waals surface area contributed by atoms with Gasteiger partial charge in [0.25, 0.3) is 0 Å². The average Bonchev–Trinajstić information content (AvgIpc) is 2.70. The summed E-state index contributed by atoms with van der Waals surface area (Å²) in [7, 11) is 0. The summed E-state index contributed by atoms with van der Waals surface area (Å²) in [5, 5.41) is 0. The number of benzene rings is 1. The standard InChI is InChI=1S/C13H16.C2H6/c1-3-7-12-10(5-1)9-11-6-2-4-8-13(11)12;1-2/h1,3,5,7,11,13H,2,4,6,8-9H2;1-2H3/t11-,13-;/m1./s1. The third-order valence-corrected chi connectivity index (χ3v) is 3.85. The van der Waals surface area contributed by atoms with Gasteiger partial charge in [0.1, 0.15) is 0 Å². The van der Waals surface area contributed by atoms with Gasteiger partial charge in [0, 0.05) is 0 Å². The molecule has 0 heteroatoms. The van der Waals surface area contributed by atoms with Gasteiger partial charge in [-0.1, -0.05) is 51.0 Å². The molecule has 2 atom stereocenters. The van der Waals surface area contributed by atoms with E-state index in [1.54, 1.807) is 11.1 Å². The lowest BCUT2D eigenvalue weighted by Crippen LogP contribution is -2.12. The molecule has 0 N–H and O–H groups in total. The molecule has 1 aromatic carbocycles. The van der Waals surface area contributed by atoms with Crippen molar-refractivity contribution in [2.75, 3.05) is 0 Å². The molecule has 15 heavy (non-hydrogen) atoms. The van der Waals surface area contributed by atoms with Crippen molar-refractivity contribution in [1.82, 2.24) is 0 Å². The molecule has 0 spiro atoms. The van der Waals surface area contributed by atoms with Crippen LogP contribution in [0.4, 0.5) is 0 Å². The lowest BCUT2D eigenvalue weighted by atomic mass is 9.80. The van der Waals surface area contributed by atoms with E-state index in [2.05, 4.69) is 24.3 Å². The van der Waals surface area contributed by atoms with Gasteiger partial charge in [0.2, 0.25) is 0 Å². The van der Waals surface area contributed by atoms with Gasteiger partial charge in [0.15, 0.2) is 0 Å². The molecule has 3 rings (SSSR count). The van der Waals surface area contributed by atoms with Crippen molar-refractivity contribution < 1.29 is 0 Å². The van der Waals surface area contributed by atoms with Crippen molar-refractivity contribution in [2.24, 2.45) is 5.92 Å². The Morgan fingerprint density at radius 3 is 2.60 bits per heavy atom. The highest BCUT2D eigenvalue weighted by atomic mass is 14.4. The Labute approximate surface area is 93.7 Å². The summed E-state index contributed by atoms with van der Waals surface area (Å²) in [5.41, 5.74) is 3.31. The maximum atomic E-state index is 2.35. The van der Waals surface area contributed by atoms with Crippen LogP contribution in [0.2, 0.25) is 0 Å². The summed E-state index contributed by atoms with van der Waals surface area (Å²) in [6.45, 7) is 4.00. The highest BCUT2D eigenvalue weighted by Gasteiger charge is 2.33. The van der Waals surface area contributed by atoms with Crippen molar-refractivity contribution >= 4 is 0 Å². The van der Waals surface area contributed by atoms with Crippen molar-refractivity contribution in [2.45, 2.75) is 51.9 Å². The smallest absolute Gasteiger partial charge is 0.0128 e. The fourth-order valence-electron chi connectivity index (χ4n) is 3.23. The third kappa shape index (κ3) is 1.95. The van der Waals surface area contributed by atoms with Gasteiger partial charge in [-0.3, -0.25) is 0 Å². The minimum atomic E-state index is 0.921. The Kier molecular flexibility index (Phi) is 3.45. The lowest BCUT2D eigenvalue weighted by Gasteiger charge is -2.25. The maximum absolute atomic E-state index is 2.35. The molecule has 1 saturated carbocycles. The molecule has 2 aliphatic carbocycles. The van der Waals surface area contributed by atoms with Crippen molar-refractivity contribution in [1.29, 1.82) is 0 Å².